The molecule has 0 spiro atoms. The van der Waals surface area contributed by atoms with Gasteiger partial charge in [0.05, 0.1) is 11.2 Å². The van der Waals surface area contributed by atoms with Crippen molar-refractivity contribution in [1.29, 1.82) is 0 Å². The molecule has 0 aliphatic carbocycles. The lowest BCUT2D eigenvalue weighted by Gasteiger charge is -2.39. The molecule has 3 rings (SSSR count). The van der Waals surface area contributed by atoms with Gasteiger partial charge in [0.15, 0.2) is 0 Å². The van der Waals surface area contributed by atoms with Gasteiger partial charge >= 0.3 is 7.12 Å². The van der Waals surface area contributed by atoms with E-state index in [1.807, 2.05) is 39.5 Å². The van der Waals surface area contributed by atoms with Crippen molar-refractivity contribution in [3.8, 4) is 0 Å². The third-order valence-electron chi connectivity index (χ3n) is 5.50. The third-order valence-corrected chi connectivity index (χ3v) is 5.50. The molecule has 2 aliphatic heterocycles. The van der Waals surface area contributed by atoms with Crippen LogP contribution in [-0.4, -0.2) is 64.8 Å². The van der Waals surface area contributed by atoms with Crippen LogP contribution in [0.4, 0.5) is 5.95 Å². The molecule has 7 nitrogen and oxygen atoms in total. The molecule has 1 aromatic rings. The van der Waals surface area contributed by atoms with E-state index in [-0.39, 0.29) is 23.2 Å². The lowest BCUT2D eigenvalue weighted by Crippen LogP contribution is -2.54. The van der Waals surface area contributed by atoms with Gasteiger partial charge in [0.2, 0.25) is 11.9 Å². The van der Waals surface area contributed by atoms with Gasteiger partial charge < -0.3 is 19.1 Å². The minimum Gasteiger partial charge on any atom is -0.399 e. The van der Waals surface area contributed by atoms with Crippen LogP contribution in [0, 0.1) is 0 Å². The van der Waals surface area contributed by atoms with Crippen LogP contribution in [0.2, 0.25) is 0 Å². The van der Waals surface area contributed by atoms with Crippen molar-refractivity contribution < 1.29 is 14.1 Å². The highest BCUT2D eigenvalue weighted by Gasteiger charge is 2.52. The molecule has 0 unspecified atom stereocenters. The standard InChI is InChI=1S/C17H27BN4O3/c1-12-11-21(7-8-22(12)13(2)23)15-19-9-14(10-20-15)18-24-16(3,4)17(5,6)25-18/h9-10,12H,7-8,11H2,1-6H3/t12-/m1/s1. The fourth-order valence-electron chi connectivity index (χ4n) is 3.20. The Morgan fingerprint density at radius 2 is 1.72 bits per heavy atom. The Morgan fingerprint density at radius 1 is 1.16 bits per heavy atom. The molecule has 0 saturated carbocycles. The Labute approximate surface area is 149 Å². The van der Waals surface area contributed by atoms with E-state index in [1.54, 1.807) is 19.3 Å². The predicted octanol–water partition coefficient (Wildman–Crippen LogP) is 0.833. The molecule has 3 heterocycles. The molecule has 0 N–H and O–H groups in total. The highest BCUT2D eigenvalue weighted by atomic mass is 16.7. The quantitative estimate of drug-likeness (QED) is 0.739. The lowest BCUT2D eigenvalue weighted by molar-refractivity contribution is -0.131. The fraction of sp³-hybridized carbons (Fsp3) is 0.706. The average molecular weight is 346 g/mol. The zero-order chi connectivity index (χ0) is 18.4. The van der Waals surface area contributed by atoms with E-state index >= 15 is 0 Å². The number of nitrogens with zero attached hydrogens (tertiary/aromatic N) is 4. The molecule has 1 amide bonds. The summed E-state index contributed by atoms with van der Waals surface area (Å²) < 4.78 is 12.1. The molecule has 2 aliphatic rings. The van der Waals surface area contributed by atoms with Crippen LogP contribution in [-0.2, 0) is 14.1 Å². The van der Waals surface area contributed by atoms with Crippen molar-refractivity contribution in [2.24, 2.45) is 0 Å². The summed E-state index contributed by atoms with van der Waals surface area (Å²) in [6.07, 6.45) is 3.54. The Hall–Kier alpha value is -1.67. The first-order valence-electron chi connectivity index (χ1n) is 8.80. The van der Waals surface area contributed by atoms with Crippen molar-refractivity contribution in [3.05, 3.63) is 12.4 Å². The van der Waals surface area contributed by atoms with E-state index in [0.717, 1.165) is 18.6 Å². The van der Waals surface area contributed by atoms with Gasteiger partial charge in [-0.3, -0.25) is 4.79 Å². The average Bonchev–Trinajstić information content (AvgIpc) is 2.75. The van der Waals surface area contributed by atoms with Crippen LogP contribution in [0.25, 0.3) is 0 Å². The molecule has 1 atom stereocenters. The number of hydrogen-bond acceptors (Lipinski definition) is 6. The van der Waals surface area contributed by atoms with E-state index in [9.17, 15) is 4.79 Å². The van der Waals surface area contributed by atoms with Crippen LogP contribution in [0.15, 0.2) is 12.4 Å². The van der Waals surface area contributed by atoms with Crippen LogP contribution in [0.5, 0.6) is 0 Å². The number of anilines is 1. The monoisotopic (exact) mass is 346 g/mol. The van der Waals surface area contributed by atoms with Crippen LogP contribution < -0.4 is 10.4 Å². The highest BCUT2D eigenvalue weighted by molar-refractivity contribution is 6.61. The molecule has 8 heteroatoms. The van der Waals surface area contributed by atoms with Crippen LogP contribution in [0.3, 0.4) is 0 Å². The Bertz CT molecular complexity index is 634. The van der Waals surface area contributed by atoms with Crippen molar-refractivity contribution in [3.63, 3.8) is 0 Å². The summed E-state index contributed by atoms with van der Waals surface area (Å²) in [5, 5.41) is 0. The largest absolute Gasteiger partial charge is 0.498 e. The van der Waals surface area contributed by atoms with Gasteiger partial charge in [0.1, 0.15) is 0 Å². The molecule has 1 aromatic heterocycles. The van der Waals surface area contributed by atoms with E-state index in [1.165, 1.54) is 0 Å². The van der Waals surface area contributed by atoms with Gasteiger partial charge in [-0.1, -0.05) is 0 Å². The maximum Gasteiger partial charge on any atom is 0.498 e. The van der Waals surface area contributed by atoms with Crippen molar-refractivity contribution in [1.82, 2.24) is 14.9 Å². The van der Waals surface area contributed by atoms with E-state index in [0.29, 0.717) is 12.5 Å². The molecule has 25 heavy (non-hydrogen) atoms. The zero-order valence-electron chi connectivity index (χ0n) is 15.9. The summed E-state index contributed by atoms with van der Waals surface area (Å²) in [6, 6.07) is 0.151. The van der Waals surface area contributed by atoms with Gasteiger partial charge in [-0.05, 0) is 34.6 Å². The fourth-order valence-corrected chi connectivity index (χ4v) is 3.20. The zero-order valence-corrected chi connectivity index (χ0v) is 15.9. The molecule has 0 bridgehead atoms. The van der Waals surface area contributed by atoms with Gasteiger partial charge in [-0.15, -0.1) is 0 Å². The normalized spacial score (nSPS) is 25.4. The minimum atomic E-state index is -0.451. The Balaban J connectivity index is 1.69. The number of rotatable bonds is 2. The predicted molar refractivity (Wildman–Crippen MR) is 96.8 cm³/mol. The molecule has 0 aromatic carbocycles. The minimum absolute atomic E-state index is 0.115. The molecular formula is C17H27BN4O3. The van der Waals surface area contributed by atoms with Crippen molar-refractivity contribution in [2.75, 3.05) is 24.5 Å². The van der Waals surface area contributed by atoms with Gasteiger partial charge in [0.25, 0.3) is 0 Å². The first-order chi connectivity index (χ1) is 11.6. The Morgan fingerprint density at radius 3 is 2.20 bits per heavy atom. The summed E-state index contributed by atoms with van der Waals surface area (Å²) in [5.74, 6) is 0.791. The second-order valence-electron chi connectivity index (χ2n) is 7.91. The first-order valence-corrected chi connectivity index (χ1v) is 8.80. The van der Waals surface area contributed by atoms with E-state index in [2.05, 4.69) is 14.9 Å². The number of carbonyl (C=O) groups excluding carboxylic acids is 1. The second-order valence-corrected chi connectivity index (χ2v) is 7.91. The van der Waals surface area contributed by atoms with Gasteiger partial charge in [0, 0.05) is 50.5 Å². The number of amides is 1. The van der Waals surface area contributed by atoms with E-state index in [4.69, 9.17) is 9.31 Å². The van der Waals surface area contributed by atoms with Crippen molar-refractivity contribution in [2.45, 2.75) is 58.8 Å². The summed E-state index contributed by atoms with van der Waals surface area (Å²) in [5.41, 5.74) is 0.0571. The summed E-state index contributed by atoms with van der Waals surface area (Å²) in [4.78, 5) is 24.6. The molecule has 2 saturated heterocycles. The summed E-state index contributed by atoms with van der Waals surface area (Å²) in [7, 11) is -0.451. The molecular weight excluding hydrogens is 319 g/mol. The SMILES string of the molecule is CC(=O)N1CCN(c2ncc(B3OC(C)(C)C(C)(C)O3)cn2)C[C@H]1C. The maximum atomic E-state index is 11.6. The molecule has 136 valence electrons. The number of aromatic nitrogens is 2. The lowest BCUT2D eigenvalue weighted by atomic mass is 9.81. The van der Waals surface area contributed by atoms with Gasteiger partial charge in [-0.25, -0.2) is 9.97 Å². The van der Waals surface area contributed by atoms with Gasteiger partial charge in [-0.2, -0.15) is 0 Å². The number of hydrogen-bond donors (Lipinski definition) is 0. The molecule has 0 radical (unpaired) electrons. The number of piperazine rings is 1. The summed E-state index contributed by atoms with van der Waals surface area (Å²) in [6.45, 7) is 13.9. The third kappa shape index (κ3) is 3.37. The van der Waals surface area contributed by atoms with Crippen LogP contribution >= 0.6 is 0 Å². The number of carbonyl (C=O) groups is 1. The Kier molecular flexibility index (Phi) is 4.53. The topological polar surface area (TPSA) is 67.8 Å². The molecule has 2 fully saturated rings. The smallest absolute Gasteiger partial charge is 0.399 e. The van der Waals surface area contributed by atoms with Crippen molar-refractivity contribution >= 4 is 24.4 Å². The van der Waals surface area contributed by atoms with E-state index < -0.39 is 7.12 Å². The second kappa shape index (κ2) is 6.25. The maximum absolute atomic E-state index is 11.6. The highest BCUT2D eigenvalue weighted by Crippen LogP contribution is 2.36. The van der Waals surface area contributed by atoms with Crippen LogP contribution in [0.1, 0.15) is 41.5 Å². The first kappa shape index (κ1) is 18.1. The summed E-state index contributed by atoms with van der Waals surface area (Å²) >= 11 is 0.